The van der Waals surface area contributed by atoms with E-state index in [0.717, 1.165) is 29.7 Å². The number of rotatable bonds is 6. The SMILES string of the molecule is CN(Cc1ccccc1)C(=O)NCc1ccc(OC2CCCCC2)cc1. The maximum Gasteiger partial charge on any atom is 0.317 e. The monoisotopic (exact) mass is 352 g/mol. The van der Waals surface area contributed by atoms with Crippen molar-refractivity contribution in [2.45, 2.75) is 51.3 Å². The number of benzene rings is 2. The number of urea groups is 1. The lowest BCUT2D eigenvalue weighted by Gasteiger charge is -2.23. The predicted octanol–water partition coefficient (Wildman–Crippen LogP) is 4.74. The molecule has 0 radical (unpaired) electrons. The van der Waals surface area contributed by atoms with Gasteiger partial charge in [0.2, 0.25) is 0 Å². The molecule has 0 spiro atoms. The van der Waals surface area contributed by atoms with Crippen molar-refractivity contribution in [1.82, 2.24) is 10.2 Å². The molecule has 0 bridgehead atoms. The molecule has 1 aliphatic carbocycles. The van der Waals surface area contributed by atoms with Crippen LogP contribution in [0.5, 0.6) is 5.75 Å². The van der Waals surface area contributed by atoms with Gasteiger partial charge in [0.25, 0.3) is 0 Å². The van der Waals surface area contributed by atoms with E-state index in [-0.39, 0.29) is 6.03 Å². The zero-order valence-electron chi connectivity index (χ0n) is 15.5. The Morgan fingerprint density at radius 1 is 1.00 bits per heavy atom. The second-order valence-corrected chi connectivity index (χ2v) is 7.02. The molecule has 0 atom stereocenters. The summed E-state index contributed by atoms with van der Waals surface area (Å²) in [5, 5.41) is 2.97. The Labute approximate surface area is 156 Å². The third-order valence-corrected chi connectivity index (χ3v) is 4.83. The van der Waals surface area contributed by atoms with Gasteiger partial charge in [0.15, 0.2) is 0 Å². The van der Waals surface area contributed by atoms with Gasteiger partial charge in [-0.1, -0.05) is 48.9 Å². The van der Waals surface area contributed by atoms with Crippen LogP contribution in [0.2, 0.25) is 0 Å². The lowest BCUT2D eigenvalue weighted by Crippen LogP contribution is -2.36. The second-order valence-electron chi connectivity index (χ2n) is 7.02. The smallest absolute Gasteiger partial charge is 0.317 e. The summed E-state index contributed by atoms with van der Waals surface area (Å²) in [6.07, 6.45) is 6.55. The molecule has 2 aromatic carbocycles. The summed E-state index contributed by atoms with van der Waals surface area (Å²) in [5.41, 5.74) is 2.19. The van der Waals surface area contributed by atoms with Crippen LogP contribution in [0.15, 0.2) is 54.6 Å². The average molecular weight is 352 g/mol. The summed E-state index contributed by atoms with van der Waals surface area (Å²) in [4.78, 5) is 13.9. The van der Waals surface area contributed by atoms with Gasteiger partial charge in [0, 0.05) is 20.1 Å². The van der Waals surface area contributed by atoms with E-state index in [0.29, 0.717) is 19.2 Å². The summed E-state index contributed by atoms with van der Waals surface area (Å²) in [6, 6.07) is 18.0. The minimum Gasteiger partial charge on any atom is -0.490 e. The number of amides is 2. The number of nitrogens with zero attached hydrogens (tertiary/aromatic N) is 1. The lowest BCUT2D eigenvalue weighted by molar-refractivity contribution is 0.155. The summed E-state index contributed by atoms with van der Waals surface area (Å²) in [7, 11) is 1.81. The first-order chi connectivity index (χ1) is 12.7. The van der Waals surface area contributed by atoms with Gasteiger partial charge in [-0.15, -0.1) is 0 Å². The molecule has 1 saturated carbocycles. The maximum atomic E-state index is 12.2. The number of hydrogen-bond donors (Lipinski definition) is 1. The molecule has 1 fully saturated rings. The van der Waals surface area contributed by atoms with Crippen molar-refractivity contribution in [2.75, 3.05) is 7.05 Å². The number of nitrogens with one attached hydrogen (secondary N) is 1. The fourth-order valence-corrected chi connectivity index (χ4v) is 3.30. The zero-order valence-corrected chi connectivity index (χ0v) is 15.5. The highest BCUT2D eigenvalue weighted by Gasteiger charge is 2.14. The molecule has 0 unspecified atom stereocenters. The Morgan fingerprint density at radius 2 is 1.69 bits per heavy atom. The minimum absolute atomic E-state index is 0.0728. The van der Waals surface area contributed by atoms with Crippen molar-refractivity contribution in [3.05, 3.63) is 65.7 Å². The number of ether oxygens (including phenoxy) is 1. The lowest BCUT2D eigenvalue weighted by atomic mass is 9.98. The number of carbonyl (C=O) groups excluding carboxylic acids is 1. The van der Waals surface area contributed by atoms with Crippen molar-refractivity contribution in [3.63, 3.8) is 0 Å². The Balaban J connectivity index is 1.44. The molecule has 2 aromatic rings. The van der Waals surface area contributed by atoms with E-state index >= 15 is 0 Å². The molecule has 1 aliphatic rings. The number of hydrogen-bond acceptors (Lipinski definition) is 2. The first kappa shape index (κ1) is 18.3. The van der Waals surface area contributed by atoms with Crippen molar-refractivity contribution >= 4 is 6.03 Å². The molecule has 0 heterocycles. The molecule has 0 aromatic heterocycles. The van der Waals surface area contributed by atoms with Gasteiger partial charge in [-0.25, -0.2) is 4.79 Å². The Hall–Kier alpha value is -2.49. The van der Waals surface area contributed by atoms with E-state index < -0.39 is 0 Å². The summed E-state index contributed by atoms with van der Waals surface area (Å²) in [5.74, 6) is 0.924. The molecule has 3 rings (SSSR count). The van der Waals surface area contributed by atoms with E-state index in [9.17, 15) is 4.79 Å². The van der Waals surface area contributed by atoms with Gasteiger partial charge in [0.1, 0.15) is 5.75 Å². The average Bonchev–Trinajstić information content (AvgIpc) is 2.69. The highest BCUT2D eigenvalue weighted by molar-refractivity contribution is 5.73. The molecule has 4 nitrogen and oxygen atoms in total. The molecule has 1 N–H and O–H groups in total. The first-order valence-corrected chi connectivity index (χ1v) is 9.49. The highest BCUT2D eigenvalue weighted by atomic mass is 16.5. The van der Waals surface area contributed by atoms with Gasteiger partial charge in [0.05, 0.1) is 6.10 Å². The van der Waals surface area contributed by atoms with Crippen LogP contribution in [0.4, 0.5) is 4.79 Å². The highest BCUT2D eigenvalue weighted by Crippen LogP contribution is 2.23. The topological polar surface area (TPSA) is 41.6 Å². The second kappa shape index (κ2) is 9.27. The van der Waals surface area contributed by atoms with Crippen LogP contribution < -0.4 is 10.1 Å². The molecule has 138 valence electrons. The summed E-state index contributed by atoms with van der Waals surface area (Å²) < 4.78 is 6.04. The molecular formula is C22H28N2O2. The Bertz CT molecular complexity index is 679. The van der Waals surface area contributed by atoms with Crippen LogP contribution in [0.1, 0.15) is 43.2 Å². The van der Waals surface area contributed by atoms with E-state index in [4.69, 9.17) is 4.74 Å². The third-order valence-electron chi connectivity index (χ3n) is 4.83. The Morgan fingerprint density at radius 3 is 2.38 bits per heavy atom. The normalized spacial score (nSPS) is 14.7. The van der Waals surface area contributed by atoms with Gasteiger partial charge >= 0.3 is 6.03 Å². The maximum absolute atomic E-state index is 12.2. The van der Waals surface area contributed by atoms with Gasteiger partial charge in [-0.05, 0) is 48.9 Å². The van der Waals surface area contributed by atoms with E-state index in [1.54, 1.807) is 4.90 Å². The van der Waals surface area contributed by atoms with Crippen molar-refractivity contribution < 1.29 is 9.53 Å². The third kappa shape index (κ3) is 5.51. The molecule has 0 aliphatic heterocycles. The van der Waals surface area contributed by atoms with Crippen molar-refractivity contribution in [3.8, 4) is 5.75 Å². The number of carbonyl (C=O) groups is 1. The predicted molar refractivity (Wildman–Crippen MR) is 104 cm³/mol. The van der Waals surface area contributed by atoms with Gasteiger partial charge < -0.3 is 15.0 Å². The minimum atomic E-state index is -0.0728. The van der Waals surface area contributed by atoms with Crippen LogP contribution in [0.25, 0.3) is 0 Å². The van der Waals surface area contributed by atoms with Gasteiger partial charge in [-0.3, -0.25) is 0 Å². The van der Waals surface area contributed by atoms with Crippen LogP contribution in [0, 0.1) is 0 Å². The fraction of sp³-hybridized carbons (Fsp3) is 0.409. The molecule has 0 saturated heterocycles. The first-order valence-electron chi connectivity index (χ1n) is 9.49. The van der Waals surface area contributed by atoms with Crippen LogP contribution in [-0.4, -0.2) is 24.1 Å². The van der Waals surface area contributed by atoms with E-state index in [1.807, 2.05) is 61.6 Å². The fourth-order valence-electron chi connectivity index (χ4n) is 3.30. The van der Waals surface area contributed by atoms with Crippen LogP contribution >= 0.6 is 0 Å². The molecule has 26 heavy (non-hydrogen) atoms. The summed E-state index contributed by atoms with van der Waals surface area (Å²) in [6.45, 7) is 1.11. The quantitative estimate of drug-likeness (QED) is 0.816. The zero-order chi connectivity index (χ0) is 18.2. The van der Waals surface area contributed by atoms with Crippen LogP contribution in [-0.2, 0) is 13.1 Å². The van der Waals surface area contributed by atoms with Crippen molar-refractivity contribution in [1.29, 1.82) is 0 Å². The van der Waals surface area contributed by atoms with E-state index in [1.165, 1.54) is 19.3 Å². The van der Waals surface area contributed by atoms with Crippen LogP contribution in [0.3, 0.4) is 0 Å². The van der Waals surface area contributed by atoms with E-state index in [2.05, 4.69) is 5.32 Å². The largest absolute Gasteiger partial charge is 0.490 e. The molecular weight excluding hydrogens is 324 g/mol. The van der Waals surface area contributed by atoms with Crippen molar-refractivity contribution in [2.24, 2.45) is 0 Å². The molecule has 4 heteroatoms. The van der Waals surface area contributed by atoms with Gasteiger partial charge in [-0.2, -0.15) is 0 Å². The Kier molecular flexibility index (Phi) is 6.53. The summed E-state index contributed by atoms with van der Waals surface area (Å²) >= 11 is 0. The molecule has 2 amide bonds. The standard InChI is InChI=1S/C22H28N2O2/c1-24(17-19-8-4-2-5-9-19)22(25)23-16-18-12-14-21(15-13-18)26-20-10-6-3-7-11-20/h2,4-5,8-9,12-15,20H,3,6-7,10-11,16-17H2,1H3,(H,23,25).